The van der Waals surface area contributed by atoms with Crippen molar-refractivity contribution in [2.24, 2.45) is 0 Å². The average molecular weight is 329 g/mol. The van der Waals surface area contributed by atoms with Crippen molar-refractivity contribution >= 4 is 16.6 Å². The lowest BCUT2D eigenvalue weighted by Crippen LogP contribution is -2.32. The first-order valence-corrected chi connectivity index (χ1v) is 14.1. The molecule has 0 aliphatic rings. The smallest absolute Gasteiger partial charge is 0.305 e. The van der Waals surface area contributed by atoms with E-state index in [2.05, 4.69) is 49.3 Å². The predicted octanol–water partition coefficient (Wildman–Crippen LogP) is 3.83. The molecule has 0 unspecified atom stereocenters. The van der Waals surface area contributed by atoms with Crippen LogP contribution in [0.15, 0.2) is 6.20 Å². The van der Waals surface area contributed by atoms with E-state index in [4.69, 9.17) is 13.6 Å². The summed E-state index contributed by atoms with van der Waals surface area (Å²) in [5, 5.41) is 0. The van der Waals surface area contributed by atoms with E-state index in [0.717, 1.165) is 5.56 Å². The van der Waals surface area contributed by atoms with E-state index in [1.807, 2.05) is 13.8 Å². The molecular formula is C14H28N2O3Si2. The van der Waals surface area contributed by atoms with E-state index in [-0.39, 0.29) is 6.10 Å². The maximum absolute atomic E-state index is 6.06. The molecule has 0 fully saturated rings. The Morgan fingerprint density at radius 1 is 1.00 bits per heavy atom. The van der Waals surface area contributed by atoms with Gasteiger partial charge in [0.25, 0.3) is 0 Å². The van der Waals surface area contributed by atoms with Gasteiger partial charge in [-0.25, -0.2) is 4.98 Å². The average Bonchev–Trinajstić information content (AvgIpc) is 2.23. The number of ether oxygens (including phenoxy) is 1. The summed E-state index contributed by atoms with van der Waals surface area (Å²) < 4.78 is 17.6. The zero-order valence-corrected chi connectivity index (χ0v) is 16.5. The first-order valence-electron chi connectivity index (χ1n) is 7.32. The topological polar surface area (TPSA) is 53.5 Å². The Kier molecular flexibility index (Phi) is 5.95. The van der Waals surface area contributed by atoms with E-state index in [9.17, 15) is 0 Å². The molecule has 0 aromatic carbocycles. The third kappa shape index (κ3) is 7.59. The molecule has 0 radical (unpaired) electrons. The van der Waals surface area contributed by atoms with Crippen molar-refractivity contribution in [3.8, 4) is 11.9 Å². The van der Waals surface area contributed by atoms with Gasteiger partial charge in [-0.2, -0.15) is 4.98 Å². The largest absolute Gasteiger partial charge is 0.531 e. The Balaban J connectivity index is 3.01. The Morgan fingerprint density at radius 2 is 1.57 bits per heavy atom. The van der Waals surface area contributed by atoms with Gasteiger partial charge in [0.15, 0.2) is 0 Å². The summed E-state index contributed by atoms with van der Waals surface area (Å²) >= 11 is 0. The fourth-order valence-corrected chi connectivity index (χ4v) is 2.84. The van der Waals surface area contributed by atoms with Crippen LogP contribution in [0.5, 0.6) is 11.9 Å². The minimum absolute atomic E-state index is 0.155. The Labute approximate surface area is 130 Å². The third-order valence-corrected chi connectivity index (χ3v) is 3.78. The second kappa shape index (κ2) is 6.89. The van der Waals surface area contributed by atoms with Gasteiger partial charge in [0.2, 0.25) is 22.5 Å². The molecule has 7 heteroatoms. The quantitative estimate of drug-likeness (QED) is 0.712. The maximum atomic E-state index is 6.06. The molecule has 0 N–H and O–H groups in total. The lowest BCUT2D eigenvalue weighted by molar-refractivity contribution is 0.0644. The van der Waals surface area contributed by atoms with Crippen LogP contribution in [-0.4, -0.2) is 32.7 Å². The van der Waals surface area contributed by atoms with Crippen molar-refractivity contribution in [2.45, 2.75) is 65.8 Å². The monoisotopic (exact) mass is 328 g/mol. The van der Waals surface area contributed by atoms with Crippen molar-refractivity contribution in [1.82, 2.24) is 9.97 Å². The van der Waals surface area contributed by atoms with E-state index in [0.29, 0.717) is 18.5 Å². The molecule has 1 aromatic rings. The van der Waals surface area contributed by atoms with E-state index < -0.39 is 16.6 Å². The summed E-state index contributed by atoms with van der Waals surface area (Å²) in [7, 11) is -3.49. The fraction of sp³-hybridized carbons (Fsp3) is 0.714. The Hall–Kier alpha value is -0.926. The van der Waals surface area contributed by atoms with Gasteiger partial charge in [-0.05, 0) is 53.1 Å². The Bertz CT molecular complexity index is 468. The molecule has 0 saturated carbocycles. The summed E-state index contributed by atoms with van der Waals surface area (Å²) in [5.41, 5.74) is 0.869. The van der Waals surface area contributed by atoms with Crippen LogP contribution in [0.1, 0.15) is 19.4 Å². The molecule has 1 rings (SSSR count). The molecule has 0 aliphatic heterocycles. The van der Waals surface area contributed by atoms with Crippen LogP contribution in [0, 0.1) is 0 Å². The van der Waals surface area contributed by atoms with E-state index in [1.165, 1.54) is 0 Å². The van der Waals surface area contributed by atoms with Crippen LogP contribution in [0.4, 0.5) is 0 Å². The standard InChI is InChI=1S/C14H28N2O3Si2/c1-11(2)17-10-12-9-15-14(19-21(6,7)8)16-13(12)18-20(3,4)5/h9,11H,10H2,1-8H3. The minimum atomic E-state index is -1.76. The van der Waals surface area contributed by atoms with Crippen molar-refractivity contribution in [3.05, 3.63) is 11.8 Å². The highest BCUT2D eigenvalue weighted by Crippen LogP contribution is 2.23. The van der Waals surface area contributed by atoms with Crippen LogP contribution >= 0.6 is 0 Å². The zero-order chi connectivity index (χ0) is 16.3. The van der Waals surface area contributed by atoms with Gasteiger partial charge >= 0.3 is 6.01 Å². The molecule has 120 valence electrons. The number of aromatic nitrogens is 2. The number of hydrogen-bond donors (Lipinski definition) is 0. The molecule has 0 atom stereocenters. The molecule has 21 heavy (non-hydrogen) atoms. The second-order valence-corrected chi connectivity index (χ2v) is 16.1. The van der Waals surface area contributed by atoms with Gasteiger partial charge in [0.05, 0.1) is 18.3 Å². The van der Waals surface area contributed by atoms with E-state index in [1.54, 1.807) is 6.20 Å². The summed E-state index contributed by atoms with van der Waals surface area (Å²) in [5.74, 6) is 0.595. The molecule has 0 saturated heterocycles. The second-order valence-electron chi connectivity index (χ2n) is 7.27. The van der Waals surface area contributed by atoms with Gasteiger partial charge in [-0.1, -0.05) is 0 Å². The molecule has 0 aliphatic carbocycles. The summed E-state index contributed by atoms with van der Waals surface area (Å²) in [6, 6.07) is 0.399. The molecule has 0 bridgehead atoms. The van der Waals surface area contributed by atoms with Crippen LogP contribution < -0.4 is 8.85 Å². The van der Waals surface area contributed by atoms with Crippen LogP contribution in [0.25, 0.3) is 0 Å². The van der Waals surface area contributed by atoms with Gasteiger partial charge in [0, 0.05) is 6.20 Å². The van der Waals surface area contributed by atoms with Crippen LogP contribution in [0.2, 0.25) is 39.3 Å². The van der Waals surface area contributed by atoms with E-state index >= 15 is 0 Å². The predicted molar refractivity (Wildman–Crippen MR) is 89.9 cm³/mol. The first kappa shape index (κ1) is 18.1. The van der Waals surface area contributed by atoms with Gasteiger partial charge in [0.1, 0.15) is 0 Å². The molecule has 1 aromatic heterocycles. The van der Waals surface area contributed by atoms with Crippen molar-refractivity contribution in [1.29, 1.82) is 0 Å². The molecule has 0 amide bonds. The number of hydrogen-bond acceptors (Lipinski definition) is 5. The first-order chi connectivity index (χ1) is 9.46. The number of rotatable bonds is 7. The molecule has 0 spiro atoms. The molecular weight excluding hydrogens is 300 g/mol. The number of nitrogens with zero attached hydrogens (tertiary/aromatic N) is 2. The summed E-state index contributed by atoms with van der Waals surface area (Å²) in [4.78, 5) is 8.74. The van der Waals surface area contributed by atoms with Gasteiger partial charge < -0.3 is 13.6 Å². The third-order valence-electron chi connectivity index (χ3n) is 2.18. The Morgan fingerprint density at radius 3 is 2.05 bits per heavy atom. The van der Waals surface area contributed by atoms with Crippen LogP contribution in [0.3, 0.4) is 0 Å². The zero-order valence-electron chi connectivity index (χ0n) is 14.5. The normalized spacial score (nSPS) is 12.6. The highest BCUT2D eigenvalue weighted by molar-refractivity contribution is 6.70. The highest BCUT2D eigenvalue weighted by Gasteiger charge is 2.23. The van der Waals surface area contributed by atoms with Gasteiger partial charge in [-0.3, -0.25) is 0 Å². The van der Waals surface area contributed by atoms with Crippen molar-refractivity contribution in [2.75, 3.05) is 0 Å². The highest BCUT2D eigenvalue weighted by atomic mass is 28.4. The lowest BCUT2D eigenvalue weighted by Gasteiger charge is -2.22. The summed E-state index contributed by atoms with van der Waals surface area (Å²) in [6.07, 6.45) is 1.91. The molecule has 1 heterocycles. The summed E-state index contributed by atoms with van der Waals surface area (Å²) in [6.45, 7) is 17.1. The SMILES string of the molecule is CC(C)OCc1cnc(O[Si](C)(C)C)nc1O[Si](C)(C)C. The lowest BCUT2D eigenvalue weighted by atomic mass is 10.3. The van der Waals surface area contributed by atoms with Crippen molar-refractivity contribution < 1.29 is 13.6 Å². The van der Waals surface area contributed by atoms with Gasteiger partial charge in [-0.15, -0.1) is 0 Å². The minimum Gasteiger partial charge on any atom is -0.531 e. The van der Waals surface area contributed by atoms with Crippen molar-refractivity contribution in [3.63, 3.8) is 0 Å². The fourth-order valence-electron chi connectivity index (χ4n) is 1.43. The molecule has 5 nitrogen and oxygen atoms in total. The van der Waals surface area contributed by atoms with Crippen LogP contribution in [-0.2, 0) is 11.3 Å². The maximum Gasteiger partial charge on any atom is 0.305 e.